The zero-order chi connectivity index (χ0) is 13.8. The van der Waals surface area contributed by atoms with Gasteiger partial charge in [-0.2, -0.15) is 0 Å². The third-order valence-electron chi connectivity index (χ3n) is 2.43. The molecule has 2 aromatic rings. The fourth-order valence-corrected chi connectivity index (χ4v) is 1.70. The maximum absolute atomic E-state index is 13.4. The van der Waals surface area contributed by atoms with Gasteiger partial charge in [0.2, 0.25) is 5.91 Å². The fourth-order valence-electron chi connectivity index (χ4n) is 1.54. The predicted molar refractivity (Wildman–Crippen MR) is 67.9 cm³/mol. The molecule has 0 saturated heterocycles. The topological polar surface area (TPSA) is 42.0 Å². The summed E-state index contributed by atoms with van der Waals surface area (Å²) in [4.78, 5) is 15.5. The molecule has 0 radical (unpaired) electrons. The Morgan fingerprint density at radius 2 is 1.89 bits per heavy atom. The normalized spacial score (nSPS) is 10.3. The molecule has 0 aliphatic heterocycles. The van der Waals surface area contributed by atoms with Gasteiger partial charge in [-0.3, -0.25) is 4.79 Å². The van der Waals surface area contributed by atoms with Crippen LogP contribution in [-0.2, 0) is 11.2 Å². The van der Waals surface area contributed by atoms with E-state index in [1.807, 2.05) is 0 Å². The molecular formula is C13H9ClF2N2O. The average molecular weight is 283 g/mol. The van der Waals surface area contributed by atoms with E-state index in [0.29, 0.717) is 5.69 Å². The highest BCUT2D eigenvalue weighted by Gasteiger charge is 2.14. The summed E-state index contributed by atoms with van der Waals surface area (Å²) in [6, 6.07) is 6.58. The average Bonchev–Trinajstić information content (AvgIpc) is 2.37. The minimum Gasteiger partial charge on any atom is -0.323 e. The fraction of sp³-hybridized carbons (Fsp3) is 0.0769. The lowest BCUT2D eigenvalue weighted by Crippen LogP contribution is -2.16. The second-order valence-electron chi connectivity index (χ2n) is 3.77. The summed E-state index contributed by atoms with van der Waals surface area (Å²) in [6.07, 6.45) is 1.05. The van der Waals surface area contributed by atoms with Crippen molar-refractivity contribution in [2.45, 2.75) is 6.42 Å². The lowest BCUT2D eigenvalue weighted by atomic mass is 10.1. The van der Waals surface area contributed by atoms with E-state index in [4.69, 9.17) is 11.6 Å². The van der Waals surface area contributed by atoms with Gasteiger partial charge in [0.25, 0.3) is 0 Å². The molecule has 0 spiro atoms. The highest BCUT2D eigenvalue weighted by Crippen LogP contribution is 2.18. The quantitative estimate of drug-likeness (QED) is 0.879. The van der Waals surface area contributed by atoms with Gasteiger partial charge in [-0.05, 0) is 24.3 Å². The van der Waals surface area contributed by atoms with E-state index in [2.05, 4.69) is 10.3 Å². The van der Waals surface area contributed by atoms with Crippen molar-refractivity contribution in [1.82, 2.24) is 4.98 Å². The first kappa shape index (κ1) is 13.4. The van der Waals surface area contributed by atoms with Crippen molar-refractivity contribution >= 4 is 23.2 Å². The summed E-state index contributed by atoms with van der Waals surface area (Å²) in [5.74, 6) is -2.08. The molecule has 0 fully saturated rings. The van der Waals surface area contributed by atoms with Crippen LogP contribution >= 0.6 is 11.6 Å². The van der Waals surface area contributed by atoms with Gasteiger partial charge in [0, 0.05) is 11.8 Å². The van der Waals surface area contributed by atoms with E-state index >= 15 is 0 Å². The Morgan fingerprint density at radius 1 is 1.21 bits per heavy atom. The standard InChI is InChI=1S/C13H9ClF2N2O/c14-13-11(5-2-6-17-13)18-12(19)7-8-9(15)3-1-4-10(8)16/h1-6H,7H2,(H,18,19). The Morgan fingerprint density at radius 3 is 2.53 bits per heavy atom. The number of carbonyl (C=O) groups is 1. The number of anilines is 1. The van der Waals surface area contributed by atoms with Crippen LogP contribution in [0.5, 0.6) is 0 Å². The lowest BCUT2D eigenvalue weighted by molar-refractivity contribution is -0.115. The maximum Gasteiger partial charge on any atom is 0.229 e. The van der Waals surface area contributed by atoms with Crippen molar-refractivity contribution < 1.29 is 13.6 Å². The molecule has 0 unspecified atom stereocenters. The Labute approximate surface area is 113 Å². The molecule has 98 valence electrons. The Balaban J connectivity index is 2.12. The van der Waals surface area contributed by atoms with Crippen molar-refractivity contribution in [3.05, 3.63) is 58.9 Å². The highest BCUT2D eigenvalue weighted by atomic mass is 35.5. The van der Waals surface area contributed by atoms with Crippen LogP contribution in [0.2, 0.25) is 5.15 Å². The number of nitrogens with one attached hydrogen (secondary N) is 1. The van der Waals surface area contributed by atoms with Gasteiger partial charge in [0.15, 0.2) is 5.15 Å². The van der Waals surface area contributed by atoms with Crippen LogP contribution in [0.25, 0.3) is 0 Å². The molecule has 0 atom stereocenters. The number of rotatable bonds is 3. The Hall–Kier alpha value is -2.01. The number of aromatic nitrogens is 1. The largest absolute Gasteiger partial charge is 0.323 e. The lowest BCUT2D eigenvalue weighted by Gasteiger charge is -2.07. The summed E-state index contributed by atoms with van der Waals surface area (Å²) in [5, 5.41) is 2.56. The molecule has 0 bridgehead atoms. The minimum absolute atomic E-state index is 0.116. The molecule has 1 N–H and O–H groups in total. The molecule has 19 heavy (non-hydrogen) atoms. The third kappa shape index (κ3) is 3.26. The molecular weight excluding hydrogens is 274 g/mol. The van der Waals surface area contributed by atoms with Crippen LogP contribution in [0.3, 0.4) is 0 Å². The monoisotopic (exact) mass is 282 g/mol. The highest BCUT2D eigenvalue weighted by molar-refractivity contribution is 6.32. The number of benzene rings is 1. The summed E-state index contributed by atoms with van der Waals surface area (Å²) in [5.41, 5.74) is 0.0194. The third-order valence-corrected chi connectivity index (χ3v) is 2.73. The molecule has 1 aromatic carbocycles. The van der Waals surface area contributed by atoms with Gasteiger partial charge in [-0.1, -0.05) is 17.7 Å². The summed E-state index contributed by atoms with van der Waals surface area (Å²) in [7, 11) is 0. The maximum atomic E-state index is 13.4. The van der Waals surface area contributed by atoms with E-state index in [9.17, 15) is 13.6 Å². The predicted octanol–water partition coefficient (Wildman–Crippen LogP) is 3.19. The van der Waals surface area contributed by atoms with Crippen molar-refractivity contribution in [3.63, 3.8) is 0 Å². The molecule has 3 nitrogen and oxygen atoms in total. The van der Waals surface area contributed by atoms with Gasteiger partial charge >= 0.3 is 0 Å². The molecule has 0 aliphatic rings. The number of hydrogen-bond donors (Lipinski definition) is 1. The van der Waals surface area contributed by atoms with E-state index in [1.165, 1.54) is 12.3 Å². The van der Waals surface area contributed by atoms with Crippen molar-refractivity contribution in [2.75, 3.05) is 5.32 Å². The molecule has 2 rings (SSSR count). The summed E-state index contributed by atoms with van der Waals surface area (Å²) in [6.45, 7) is 0. The number of nitrogens with zero attached hydrogens (tertiary/aromatic N) is 1. The van der Waals surface area contributed by atoms with Crippen molar-refractivity contribution in [3.8, 4) is 0 Å². The van der Waals surface area contributed by atoms with E-state index < -0.39 is 24.0 Å². The van der Waals surface area contributed by atoms with E-state index in [-0.39, 0.29) is 10.7 Å². The van der Waals surface area contributed by atoms with Crippen LogP contribution in [0, 0.1) is 11.6 Å². The molecule has 6 heteroatoms. The van der Waals surface area contributed by atoms with Crippen molar-refractivity contribution in [1.29, 1.82) is 0 Å². The van der Waals surface area contributed by atoms with Gasteiger partial charge in [-0.15, -0.1) is 0 Å². The Bertz CT molecular complexity index is 599. The molecule has 1 aromatic heterocycles. The Kier molecular flexibility index (Phi) is 4.06. The second kappa shape index (κ2) is 5.75. The number of pyridine rings is 1. The molecule has 0 saturated carbocycles. The first-order valence-corrected chi connectivity index (χ1v) is 5.79. The van der Waals surface area contributed by atoms with Crippen LogP contribution in [0.15, 0.2) is 36.5 Å². The van der Waals surface area contributed by atoms with Crippen LogP contribution in [-0.4, -0.2) is 10.9 Å². The number of halogens is 3. The van der Waals surface area contributed by atoms with Crippen LogP contribution in [0.1, 0.15) is 5.56 Å². The van der Waals surface area contributed by atoms with Gasteiger partial charge in [-0.25, -0.2) is 13.8 Å². The zero-order valence-corrected chi connectivity index (χ0v) is 10.4. The minimum atomic E-state index is -0.757. The van der Waals surface area contributed by atoms with Gasteiger partial charge < -0.3 is 5.32 Å². The van der Waals surface area contributed by atoms with E-state index in [1.54, 1.807) is 12.1 Å². The second-order valence-corrected chi connectivity index (χ2v) is 4.12. The van der Waals surface area contributed by atoms with Crippen molar-refractivity contribution in [2.24, 2.45) is 0 Å². The molecule has 1 heterocycles. The summed E-state index contributed by atoms with van der Waals surface area (Å²) < 4.78 is 26.7. The molecule has 1 amide bonds. The first-order chi connectivity index (χ1) is 9.08. The zero-order valence-electron chi connectivity index (χ0n) is 9.66. The van der Waals surface area contributed by atoms with Gasteiger partial charge in [0.1, 0.15) is 11.6 Å². The number of carbonyl (C=O) groups excluding carboxylic acids is 1. The SMILES string of the molecule is O=C(Cc1c(F)cccc1F)Nc1cccnc1Cl. The van der Waals surface area contributed by atoms with E-state index in [0.717, 1.165) is 12.1 Å². The number of hydrogen-bond acceptors (Lipinski definition) is 2. The van der Waals surface area contributed by atoms with Gasteiger partial charge in [0.05, 0.1) is 12.1 Å². The van der Waals surface area contributed by atoms with Crippen LogP contribution in [0.4, 0.5) is 14.5 Å². The first-order valence-electron chi connectivity index (χ1n) is 5.41. The summed E-state index contributed by atoms with van der Waals surface area (Å²) >= 11 is 5.76. The number of amides is 1. The smallest absolute Gasteiger partial charge is 0.229 e. The molecule has 0 aliphatic carbocycles. The van der Waals surface area contributed by atoms with Crippen LogP contribution < -0.4 is 5.32 Å².